The average Bonchev–Trinajstić information content (AvgIpc) is 2.35. The van der Waals surface area contributed by atoms with Crippen LogP contribution in [-0.2, 0) is 11.3 Å². The smallest absolute Gasteiger partial charge is 0.124 e. The first kappa shape index (κ1) is 16.6. The average molecular weight is 278 g/mol. The Labute approximate surface area is 120 Å². The number of hydrogen-bond acceptors (Lipinski definition) is 3. The molecule has 0 saturated heterocycles. The minimum atomic E-state index is -0.268. The van der Waals surface area contributed by atoms with E-state index in [1.807, 2.05) is 27.0 Å². The molecule has 0 heterocycles. The topological polar surface area (TPSA) is 38.5 Å². The minimum Gasteiger partial charge on any atom is -0.377 e. The van der Waals surface area contributed by atoms with Crippen molar-refractivity contribution >= 4 is 0 Å². The third-order valence-electron chi connectivity index (χ3n) is 2.67. The van der Waals surface area contributed by atoms with Crippen LogP contribution in [0.25, 0.3) is 0 Å². The summed E-state index contributed by atoms with van der Waals surface area (Å²) < 4.78 is 19.0. The molecular formula is C16H23FN2O. The van der Waals surface area contributed by atoms with Crippen LogP contribution in [-0.4, -0.2) is 37.7 Å². The predicted molar refractivity (Wildman–Crippen MR) is 79.8 cm³/mol. The van der Waals surface area contributed by atoms with Crippen LogP contribution in [0.15, 0.2) is 18.2 Å². The van der Waals surface area contributed by atoms with Gasteiger partial charge in [0, 0.05) is 18.7 Å². The van der Waals surface area contributed by atoms with Crippen LogP contribution in [0.1, 0.15) is 25.0 Å². The van der Waals surface area contributed by atoms with Crippen molar-refractivity contribution in [3.8, 4) is 11.8 Å². The van der Waals surface area contributed by atoms with Gasteiger partial charge in [-0.1, -0.05) is 11.8 Å². The second-order valence-corrected chi connectivity index (χ2v) is 5.01. The van der Waals surface area contributed by atoms with Gasteiger partial charge in [-0.2, -0.15) is 0 Å². The van der Waals surface area contributed by atoms with Gasteiger partial charge in [-0.15, -0.1) is 0 Å². The molecular weight excluding hydrogens is 255 g/mol. The molecule has 20 heavy (non-hydrogen) atoms. The molecule has 1 rings (SSSR count). The third kappa shape index (κ3) is 6.67. The normalized spacial score (nSPS) is 10.8. The Balaban J connectivity index is 2.60. The molecule has 0 amide bonds. The highest BCUT2D eigenvalue weighted by atomic mass is 19.1. The van der Waals surface area contributed by atoms with E-state index in [4.69, 9.17) is 10.5 Å². The highest BCUT2D eigenvalue weighted by Gasteiger charge is 2.04. The van der Waals surface area contributed by atoms with E-state index in [0.717, 1.165) is 12.1 Å². The van der Waals surface area contributed by atoms with E-state index in [9.17, 15) is 4.39 Å². The van der Waals surface area contributed by atoms with Crippen LogP contribution in [0, 0.1) is 17.7 Å². The summed E-state index contributed by atoms with van der Waals surface area (Å²) in [4.78, 5) is 2.09. The fourth-order valence-electron chi connectivity index (χ4n) is 1.80. The van der Waals surface area contributed by atoms with Gasteiger partial charge in [0.05, 0.1) is 19.3 Å². The maximum Gasteiger partial charge on any atom is 0.124 e. The van der Waals surface area contributed by atoms with Crippen LogP contribution >= 0.6 is 0 Å². The summed E-state index contributed by atoms with van der Waals surface area (Å²) in [6.07, 6.45) is 0.232. The second kappa shape index (κ2) is 8.70. The van der Waals surface area contributed by atoms with E-state index in [1.165, 1.54) is 12.1 Å². The van der Waals surface area contributed by atoms with E-state index >= 15 is 0 Å². The Morgan fingerprint density at radius 2 is 2.10 bits per heavy atom. The lowest BCUT2D eigenvalue weighted by Crippen LogP contribution is -2.24. The summed E-state index contributed by atoms with van der Waals surface area (Å²) in [6, 6.07) is 4.85. The van der Waals surface area contributed by atoms with Crippen molar-refractivity contribution in [3.05, 3.63) is 35.1 Å². The lowest BCUT2D eigenvalue weighted by atomic mass is 10.1. The van der Waals surface area contributed by atoms with Crippen molar-refractivity contribution in [1.82, 2.24) is 4.90 Å². The molecule has 0 saturated carbocycles. The quantitative estimate of drug-likeness (QED) is 0.809. The fraction of sp³-hybridized carbons (Fsp3) is 0.500. The number of halogens is 1. The standard InChI is InChI=1S/C16H23FN2O/c1-13(2)20-8-7-19(3)12-15-9-14(5-4-6-18)10-16(17)11-15/h9-11,13H,6-8,12,18H2,1-3H3. The van der Waals surface area contributed by atoms with E-state index in [-0.39, 0.29) is 18.5 Å². The number of nitrogens with zero attached hydrogens (tertiary/aromatic N) is 1. The minimum absolute atomic E-state index is 0.232. The Morgan fingerprint density at radius 3 is 2.75 bits per heavy atom. The third-order valence-corrected chi connectivity index (χ3v) is 2.67. The molecule has 0 spiro atoms. The second-order valence-electron chi connectivity index (χ2n) is 5.01. The van der Waals surface area contributed by atoms with Gasteiger partial charge >= 0.3 is 0 Å². The van der Waals surface area contributed by atoms with Gasteiger partial charge in [0.25, 0.3) is 0 Å². The van der Waals surface area contributed by atoms with Crippen LogP contribution in [0.4, 0.5) is 4.39 Å². The van der Waals surface area contributed by atoms with Crippen LogP contribution in [0.2, 0.25) is 0 Å². The van der Waals surface area contributed by atoms with E-state index in [0.29, 0.717) is 18.7 Å². The van der Waals surface area contributed by atoms with Crippen LogP contribution in [0.5, 0.6) is 0 Å². The molecule has 0 bridgehead atoms. The zero-order valence-electron chi connectivity index (χ0n) is 12.4. The summed E-state index contributed by atoms with van der Waals surface area (Å²) in [7, 11) is 1.99. The zero-order valence-corrected chi connectivity index (χ0v) is 12.4. The number of likely N-dealkylation sites (N-methyl/N-ethyl adjacent to an activating group) is 1. The van der Waals surface area contributed by atoms with E-state index in [1.54, 1.807) is 0 Å². The van der Waals surface area contributed by atoms with Gasteiger partial charge in [-0.05, 0) is 44.7 Å². The molecule has 110 valence electrons. The SMILES string of the molecule is CC(C)OCCN(C)Cc1cc(F)cc(C#CCN)c1. The first-order valence-electron chi connectivity index (χ1n) is 6.80. The predicted octanol–water partition coefficient (Wildman–Crippen LogP) is 1.99. The lowest BCUT2D eigenvalue weighted by molar-refractivity contribution is 0.0627. The fourth-order valence-corrected chi connectivity index (χ4v) is 1.80. The van der Waals surface area contributed by atoms with Gasteiger partial charge in [0.15, 0.2) is 0 Å². The van der Waals surface area contributed by atoms with Crippen molar-refractivity contribution < 1.29 is 9.13 Å². The summed E-state index contributed by atoms with van der Waals surface area (Å²) in [5, 5.41) is 0. The molecule has 0 aliphatic carbocycles. The molecule has 0 fully saturated rings. The van der Waals surface area contributed by atoms with Gasteiger partial charge in [-0.3, -0.25) is 4.90 Å². The molecule has 0 aliphatic heterocycles. The summed E-state index contributed by atoms with van der Waals surface area (Å²) >= 11 is 0. The van der Waals surface area contributed by atoms with Gasteiger partial charge in [0.1, 0.15) is 5.82 Å². The van der Waals surface area contributed by atoms with Crippen molar-refractivity contribution in [2.24, 2.45) is 5.73 Å². The lowest BCUT2D eigenvalue weighted by Gasteiger charge is -2.18. The summed E-state index contributed by atoms with van der Waals surface area (Å²) in [6.45, 7) is 6.43. The number of hydrogen-bond donors (Lipinski definition) is 1. The Bertz CT molecular complexity index is 477. The number of rotatable bonds is 6. The molecule has 4 heteroatoms. The molecule has 1 aromatic carbocycles. The Kier molecular flexibility index (Phi) is 7.24. The monoisotopic (exact) mass is 278 g/mol. The molecule has 0 aromatic heterocycles. The van der Waals surface area contributed by atoms with Crippen molar-refractivity contribution in [2.45, 2.75) is 26.5 Å². The maximum absolute atomic E-state index is 13.5. The maximum atomic E-state index is 13.5. The first-order valence-corrected chi connectivity index (χ1v) is 6.80. The van der Waals surface area contributed by atoms with Crippen LogP contribution < -0.4 is 5.73 Å². The molecule has 0 radical (unpaired) electrons. The van der Waals surface area contributed by atoms with Gasteiger partial charge in [-0.25, -0.2) is 4.39 Å². The Morgan fingerprint density at radius 1 is 1.35 bits per heavy atom. The van der Waals surface area contributed by atoms with Crippen LogP contribution in [0.3, 0.4) is 0 Å². The zero-order chi connectivity index (χ0) is 15.0. The van der Waals surface area contributed by atoms with E-state index in [2.05, 4.69) is 16.7 Å². The molecule has 2 N–H and O–H groups in total. The largest absolute Gasteiger partial charge is 0.377 e. The summed E-state index contributed by atoms with van der Waals surface area (Å²) in [5.74, 6) is 5.33. The first-order chi connectivity index (χ1) is 9.51. The molecule has 0 aliphatic rings. The molecule has 0 atom stereocenters. The molecule has 0 unspecified atom stereocenters. The highest BCUT2D eigenvalue weighted by Crippen LogP contribution is 2.10. The Hall–Kier alpha value is -1.41. The number of ether oxygens (including phenoxy) is 1. The highest BCUT2D eigenvalue weighted by molar-refractivity contribution is 5.37. The van der Waals surface area contributed by atoms with Gasteiger partial charge in [0.2, 0.25) is 0 Å². The van der Waals surface area contributed by atoms with Crippen molar-refractivity contribution in [2.75, 3.05) is 26.7 Å². The van der Waals surface area contributed by atoms with Crippen molar-refractivity contribution in [1.29, 1.82) is 0 Å². The number of benzene rings is 1. The molecule has 1 aromatic rings. The number of nitrogens with two attached hydrogens (primary N) is 1. The van der Waals surface area contributed by atoms with E-state index < -0.39 is 0 Å². The van der Waals surface area contributed by atoms with Gasteiger partial charge < -0.3 is 10.5 Å². The van der Waals surface area contributed by atoms with Crippen molar-refractivity contribution in [3.63, 3.8) is 0 Å². The molecule has 3 nitrogen and oxygen atoms in total. The summed E-state index contributed by atoms with van der Waals surface area (Å²) in [5.41, 5.74) is 6.89.